The Bertz CT molecular complexity index is 714. The fourth-order valence-electron chi connectivity index (χ4n) is 3.79. The Hall–Kier alpha value is -1.69. The molecule has 1 aromatic carbocycles. The molecule has 4 nitrogen and oxygen atoms in total. The standard InChI is InChI=1S/C21H26N2O2S/c24-21(20-14-17-8-4-5-9-19(17)26-20)22-18(16-6-2-1-3-7-16)15-23-10-12-25-13-11-23/h1-3,6-7,14,18H,4-5,8-13,15H2,(H,22,24)/t18-/m0/s1. The second kappa shape index (κ2) is 8.33. The van der Waals surface area contributed by atoms with Gasteiger partial charge < -0.3 is 10.1 Å². The number of carbonyl (C=O) groups excluding carboxylic acids is 1. The van der Waals surface area contributed by atoms with E-state index in [0.717, 1.165) is 56.1 Å². The van der Waals surface area contributed by atoms with Crippen molar-refractivity contribution in [2.75, 3.05) is 32.8 Å². The maximum atomic E-state index is 12.9. The normalized spacial score (nSPS) is 18.9. The van der Waals surface area contributed by atoms with Crippen molar-refractivity contribution in [2.24, 2.45) is 0 Å². The zero-order valence-electron chi connectivity index (χ0n) is 15.1. The molecular weight excluding hydrogens is 344 g/mol. The number of amides is 1. The number of carbonyl (C=O) groups is 1. The summed E-state index contributed by atoms with van der Waals surface area (Å²) in [7, 11) is 0. The molecule has 1 saturated heterocycles. The third kappa shape index (κ3) is 4.17. The first kappa shape index (κ1) is 17.7. The molecule has 1 fully saturated rings. The van der Waals surface area contributed by atoms with E-state index in [9.17, 15) is 4.79 Å². The first-order valence-electron chi connectivity index (χ1n) is 9.57. The summed E-state index contributed by atoms with van der Waals surface area (Å²) in [5.74, 6) is 0.0616. The number of nitrogens with one attached hydrogen (secondary N) is 1. The molecule has 2 heterocycles. The molecule has 26 heavy (non-hydrogen) atoms. The van der Waals surface area contributed by atoms with Crippen LogP contribution in [0.25, 0.3) is 0 Å². The second-order valence-electron chi connectivity index (χ2n) is 7.12. The van der Waals surface area contributed by atoms with Crippen molar-refractivity contribution in [1.82, 2.24) is 10.2 Å². The van der Waals surface area contributed by atoms with Gasteiger partial charge in [0.05, 0.1) is 24.1 Å². The number of thiophene rings is 1. The quantitative estimate of drug-likeness (QED) is 0.877. The SMILES string of the molecule is O=C(N[C@@H](CN1CCOCC1)c1ccccc1)c1cc2c(s1)CCCC2. The number of rotatable bonds is 5. The molecule has 0 radical (unpaired) electrons. The monoisotopic (exact) mass is 370 g/mol. The average Bonchev–Trinajstić information content (AvgIpc) is 3.13. The molecule has 1 amide bonds. The van der Waals surface area contributed by atoms with E-state index in [0.29, 0.717) is 0 Å². The van der Waals surface area contributed by atoms with E-state index in [1.54, 1.807) is 11.3 Å². The van der Waals surface area contributed by atoms with Crippen molar-refractivity contribution in [3.05, 3.63) is 57.3 Å². The Morgan fingerprint density at radius 3 is 2.69 bits per heavy atom. The fraction of sp³-hybridized carbons (Fsp3) is 0.476. The molecule has 2 aromatic rings. The molecule has 2 aliphatic rings. The molecule has 0 unspecified atom stereocenters. The Morgan fingerprint density at radius 1 is 1.15 bits per heavy atom. The van der Waals surface area contributed by atoms with Crippen molar-refractivity contribution in [3.63, 3.8) is 0 Å². The zero-order chi connectivity index (χ0) is 17.8. The summed E-state index contributed by atoms with van der Waals surface area (Å²) in [6.07, 6.45) is 4.74. The molecular formula is C21H26N2O2S. The Labute approximate surface area is 159 Å². The Balaban J connectivity index is 1.49. The van der Waals surface area contributed by atoms with Gasteiger partial charge in [-0.25, -0.2) is 0 Å². The van der Waals surface area contributed by atoms with E-state index in [-0.39, 0.29) is 11.9 Å². The summed E-state index contributed by atoms with van der Waals surface area (Å²) in [6, 6.07) is 12.4. The van der Waals surface area contributed by atoms with Gasteiger partial charge in [0.15, 0.2) is 0 Å². The van der Waals surface area contributed by atoms with Crippen LogP contribution in [0.2, 0.25) is 0 Å². The maximum absolute atomic E-state index is 12.9. The minimum Gasteiger partial charge on any atom is -0.379 e. The summed E-state index contributed by atoms with van der Waals surface area (Å²) < 4.78 is 5.46. The summed E-state index contributed by atoms with van der Waals surface area (Å²) >= 11 is 1.68. The predicted molar refractivity (Wildman–Crippen MR) is 105 cm³/mol. The summed E-state index contributed by atoms with van der Waals surface area (Å²) in [5.41, 5.74) is 2.55. The molecule has 1 aromatic heterocycles. The van der Waals surface area contributed by atoms with Crippen LogP contribution < -0.4 is 5.32 Å². The van der Waals surface area contributed by atoms with Gasteiger partial charge in [0.1, 0.15) is 0 Å². The van der Waals surface area contributed by atoms with Crippen LogP contribution in [0.15, 0.2) is 36.4 Å². The molecule has 1 N–H and O–H groups in total. The molecule has 138 valence electrons. The van der Waals surface area contributed by atoms with Crippen LogP contribution in [0.1, 0.15) is 44.6 Å². The van der Waals surface area contributed by atoms with Crippen LogP contribution in [0.4, 0.5) is 0 Å². The highest BCUT2D eigenvalue weighted by atomic mass is 32.1. The Kier molecular flexibility index (Phi) is 5.68. The maximum Gasteiger partial charge on any atom is 0.261 e. The lowest BCUT2D eigenvalue weighted by Crippen LogP contribution is -2.43. The average molecular weight is 371 g/mol. The van der Waals surface area contributed by atoms with Crippen LogP contribution in [0, 0.1) is 0 Å². The number of morpholine rings is 1. The van der Waals surface area contributed by atoms with Gasteiger partial charge in [-0.1, -0.05) is 30.3 Å². The zero-order valence-corrected chi connectivity index (χ0v) is 15.9. The van der Waals surface area contributed by atoms with Crippen molar-refractivity contribution in [3.8, 4) is 0 Å². The molecule has 5 heteroatoms. The summed E-state index contributed by atoms with van der Waals surface area (Å²) in [4.78, 5) is 17.6. The number of aryl methyl sites for hydroxylation is 2. The lowest BCUT2D eigenvalue weighted by molar-refractivity contribution is 0.0332. The molecule has 0 spiro atoms. The fourth-order valence-corrected chi connectivity index (χ4v) is 4.95. The highest BCUT2D eigenvalue weighted by Crippen LogP contribution is 2.30. The minimum absolute atomic E-state index is 0.000859. The molecule has 0 bridgehead atoms. The third-order valence-electron chi connectivity index (χ3n) is 5.27. The Morgan fingerprint density at radius 2 is 1.92 bits per heavy atom. The van der Waals surface area contributed by atoms with Gasteiger partial charge >= 0.3 is 0 Å². The van der Waals surface area contributed by atoms with E-state index in [4.69, 9.17) is 4.74 Å². The molecule has 4 rings (SSSR count). The van der Waals surface area contributed by atoms with Gasteiger partial charge in [-0.05, 0) is 42.9 Å². The van der Waals surface area contributed by atoms with Gasteiger partial charge in [-0.2, -0.15) is 0 Å². The van der Waals surface area contributed by atoms with Crippen molar-refractivity contribution in [1.29, 1.82) is 0 Å². The van der Waals surface area contributed by atoms with E-state index >= 15 is 0 Å². The lowest BCUT2D eigenvalue weighted by atomic mass is 9.99. The second-order valence-corrected chi connectivity index (χ2v) is 8.25. The van der Waals surface area contributed by atoms with Crippen LogP contribution in [-0.2, 0) is 17.6 Å². The lowest BCUT2D eigenvalue weighted by Gasteiger charge is -2.31. The van der Waals surface area contributed by atoms with Crippen molar-refractivity contribution in [2.45, 2.75) is 31.7 Å². The van der Waals surface area contributed by atoms with E-state index in [1.165, 1.54) is 23.3 Å². The number of hydrogen-bond acceptors (Lipinski definition) is 4. The topological polar surface area (TPSA) is 41.6 Å². The minimum atomic E-state index is 0.000859. The van der Waals surface area contributed by atoms with Gasteiger partial charge in [0.2, 0.25) is 0 Å². The highest BCUT2D eigenvalue weighted by Gasteiger charge is 2.23. The summed E-state index contributed by atoms with van der Waals surface area (Å²) in [6.45, 7) is 4.21. The van der Waals surface area contributed by atoms with Crippen molar-refractivity contribution >= 4 is 17.2 Å². The number of benzene rings is 1. The molecule has 1 atom stereocenters. The van der Waals surface area contributed by atoms with Gasteiger partial charge in [-0.3, -0.25) is 9.69 Å². The predicted octanol–water partition coefficient (Wildman–Crippen LogP) is 3.43. The third-order valence-corrected chi connectivity index (χ3v) is 6.51. The number of fused-ring (bicyclic) bond motifs is 1. The van der Waals surface area contributed by atoms with Crippen LogP contribution in [0.5, 0.6) is 0 Å². The van der Waals surface area contributed by atoms with Crippen LogP contribution in [0.3, 0.4) is 0 Å². The van der Waals surface area contributed by atoms with E-state index < -0.39 is 0 Å². The molecule has 0 saturated carbocycles. The van der Waals surface area contributed by atoms with Gasteiger partial charge in [0, 0.05) is 24.5 Å². The largest absolute Gasteiger partial charge is 0.379 e. The highest BCUT2D eigenvalue weighted by molar-refractivity contribution is 7.14. The van der Waals surface area contributed by atoms with Crippen LogP contribution >= 0.6 is 11.3 Å². The smallest absolute Gasteiger partial charge is 0.261 e. The molecule has 1 aliphatic carbocycles. The van der Waals surface area contributed by atoms with Gasteiger partial charge in [-0.15, -0.1) is 11.3 Å². The van der Waals surface area contributed by atoms with E-state index in [2.05, 4.69) is 28.4 Å². The number of hydrogen-bond donors (Lipinski definition) is 1. The first-order chi connectivity index (χ1) is 12.8. The van der Waals surface area contributed by atoms with Crippen LogP contribution in [-0.4, -0.2) is 43.7 Å². The molecule has 1 aliphatic heterocycles. The number of ether oxygens (including phenoxy) is 1. The first-order valence-corrected chi connectivity index (χ1v) is 10.4. The van der Waals surface area contributed by atoms with E-state index in [1.807, 2.05) is 18.2 Å². The number of nitrogens with zero attached hydrogens (tertiary/aromatic N) is 1. The summed E-state index contributed by atoms with van der Waals surface area (Å²) in [5, 5.41) is 3.30. The van der Waals surface area contributed by atoms with Crippen molar-refractivity contribution < 1.29 is 9.53 Å². The van der Waals surface area contributed by atoms with Gasteiger partial charge in [0.25, 0.3) is 5.91 Å².